The Kier molecular flexibility index (Phi) is 6.75. The van der Waals surface area contributed by atoms with Gasteiger partial charge in [0.05, 0.1) is 13.2 Å². The molecule has 1 aliphatic heterocycles. The first kappa shape index (κ1) is 16.9. The third kappa shape index (κ3) is 4.75. The van der Waals surface area contributed by atoms with E-state index in [0.29, 0.717) is 30.6 Å². The lowest BCUT2D eigenvalue weighted by Crippen LogP contribution is -2.36. The molecule has 1 saturated carbocycles. The Morgan fingerprint density at radius 3 is 2.95 bits per heavy atom. The third-order valence-electron chi connectivity index (χ3n) is 4.27. The highest BCUT2D eigenvalue weighted by Gasteiger charge is 2.34. The van der Waals surface area contributed by atoms with Crippen molar-refractivity contribution in [2.45, 2.75) is 44.8 Å². The van der Waals surface area contributed by atoms with E-state index in [1.165, 1.54) is 19.3 Å². The number of rotatable bonds is 8. The largest absolute Gasteiger partial charge is 0.459 e. The minimum atomic E-state index is -0.388. The minimum absolute atomic E-state index is 0.166. The summed E-state index contributed by atoms with van der Waals surface area (Å²) in [4.78, 5) is 12.1. The Morgan fingerprint density at radius 1 is 1.50 bits per heavy atom. The van der Waals surface area contributed by atoms with Gasteiger partial charge in [0.1, 0.15) is 0 Å². The number of hydrogen-bond donors (Lipinski definition) is 2. The summed E-state index contributed by atoms with van der Waals surface area (Å²) in [5, 5.41) is 11.4. The third-order valence-corrected chi connectivity index (χ3v) is 4.27. The van der Waals surface area contributed by atoms with E-state index in [1.54, 1.807) is 0 Å². The van der Waals surface area contributed by atoms with Gasteiger partial charge in [-0.1, -0.05) is 12.3 Å². The van der Waals surface area contributed by atoms with Gasteiger partial charge in [-0.2, -0.15) is 0 Å². The molecule has 0 bridgehead atoms. The van der Waals surface area contributed by atoms with Gasteiger partial charge < -0.3 is 19.9 Å². The van der Waals surface area contributed by atoms with Crippen molar-refractivity contribution in [3.05, 3.63) is 11.8 Å². The van der Waals surface area contributed by atoms with Crippen molar-refractivity contribution in [2.24, 2.45) is 11.8 Å². The summed E-state index contributed by atoms with van der Waals surface area (Å²) < 4.78 is 11.4. The monoisotopic (exact) mass is 307 g/mol. The second-order valence-electron chi connectivity index (χ2n) is 5.86. The molecule has 5 nitrogen and oxygen atoms in total. The standard InChI is InChI=1S/C17H25NO4/c1-2-8-18-17(20)15-11-14(13-6-5-7-13)12-16(22-15)21-10-4-3-9-19/h1,11,13-14,16,19H,3-10,12H2,(H,18,20)/t14-,16+/m1/s1. The molecule has 1 fully saturated rings. The Bertz CT molecular complexity index is 436. The van der Waals surface area contributed by atoms with Gasteiger partial charge in [-0.05, 0) is 43.6 Å². The van der Waals surface area contributed by atoms with Crippen molar-refractivity contribution >= 4 is 5.91 Å². The Labute approximate surface area is 132 Å². The molecular weight excluding hydrogens is 282 g/mol. The average Bonchev–Trinajstić information content (AvgIpc) is 2.47. The van der Waals surface area contributed by atoms with Crippen LogP contribution in [-0.2, 0) is 14.3 Å². The van der Waals surface area contributed by atoms with E-state index in [2.05, 4.69) is 11.2 Å². The van der Waals surface area contributed by atoms with Crippen LogP contribution in [0, 0.1) is 24.2 Å². The zero-order chi connectivity index (χ0) is 15.8. The van der Waals surface area contributed by atoms with Gasteiger partial charge in [0, 0.05) is 13.0 Å². The predicted molar refractivity (Wildman–Crippen MR) is 82.5 cm³/mol. The maximum atomic E-state index is 12.1. The summed E-state index contributed by atoms with van der Waals surface area (Å²) in [6.45, 7) is 0.886. The van der Waals surface area contributed by atoms with E-state index in [4.69, 9.17) is 21.0 Å². The molecular formula is C17H25NO4. The first-order chi connectivity index (χ1) is 10.7. The van der Waals surface area contributed by atoms with Crippen molar-refractivity contribution in [1.29, 1.82) is 0 Å². The highest BCUT2D eigenvalue weighted by Crippen LogP contribution is 2.39. The van der Waals surface area contributed by atoms with Crippen LogP contribution >= 0.6 is 0 Å². The molecule has 2 aliphatic rings. The summed E-state index contributed by atoms with van der Waals surface area (Å²) in [7, 11) is 0. The van der Waals surface area contributed by atoms with Gasteiger partial charge in [-0.3, -0.25) is 4.79 Å². The molecule has 2 atom stereocenters. The van der Waals surface area contributed by atoms with E-state index in [9.17, 15) is 4.79 Å². The van der Waals surface area contributed by atoms with Gasteiger partial charge in [-0.15, -0.1) is 6.42 Å². The maximum absolute atomic E-state index is 12.1. The molecule has 2 rings (SSSR count). The Hall–Kier alpha value is -1.51. The molecule has 0 aromatic carbocycles. The molecule has 0 radical (unpaired) electrons. The highest BCUT2D eigenvalue weighted by atomic mass is 16.7. The molecule has 1 aliphatic carbocycles. The van der Waals surface area contributed by atoms with Crippen LogP contribution in [-0.4, -0.2) is 37.1 Å². The lowest BCUT2D eigenvalue weighted by Gasteiger charge is -2.37. The van der Waals surface area contributed by atoms with Crippen LogP contribution in [0.1, 0.15) is 38.5 Å². The summed E-state index contributed by atoms with van der Waals surface area (Å²) in [5.41, 5.74) is 0. The first-order valence-electron chi connectivity index (χ1n) is 8.07. The smallest absolute Gasteiger partial charge is 0.286 e. The molecule has 1 heterocycles. The Morgan fingerprint density at radius 2 is 2.32 bits per heavy atom. The fourth-order valence-corrected chi connectivity index (χ4v) is 2.79. The van der Waals surface area contributed by atoms with Crippen LogP contribution in [0.4, 0.5) is 0 Å². The number of hydrogen-bond acceptors (Lipinski definition) is 4. The van der Waals surface area contributed by atoms with Crippen LogP contribution in [0.2, 0.25) is 0 Å². The molecule has 2 N–H and O–H groups in total. The van der Waals surface area contributed by atoms with E-state index in [0.717, 1.165) is 12.8 Å². The molecule has 1 amide bonds. The number of unbranched alkanes of at least 4 members (excludes halogenated alkanes) is 1. The van der Waals surface area contributed by atoms with Crippen LogP contribution < -0.4 is 5.32 Å². The van der Waals surface area contributed by atoms with Gasteiger partial charge in [0.2, 0.25) is 6.29 Å². The van der Waals surface area contributed by atoms with Crippen LogP contribution in [0.5, 0.6) is 0 Å². The number of ether oxygens (including phenoxy) is 2. The fraction of sp³-hybridized carbons (Fsp3) is 0.706. The number of aliphatic hydroxyl groups excluding tert-OH is 1. The van der Waals surface area contributed by atoms with E-state index in [1.807, 2.05) is 6.08 Å². The quantitative estimate of drug-likeness (QED) is 0.528. The fourth-order valence-electron chi connectivity index (χ4n) is 2.79. The lowest BCUT2D eigenvalue weighted by atomic mass is 9.73. The number of allylic oxidation sites excluding steroid dienone is 1. The van der Waals surface area contributed by atoms with E-state index < -0.39 is 0 Å². The molecule has 122 valence electrons. The zero-order valence-electron chi connectivity index (χ0n) is 12.9. The number of terminal acetylenes is 1. The molecule has 5 heteroatoms. The minimum Gasteiger partial charge on any atom is -0.459 e. The van der Waals surface area contributed by atoms with E-state index >= 15 is 0 Å². The van der Waals surface area contributed by atoms with Gasteiger partial charge >= 0.3 is 0 Å². The number of carbonyl (C=O) groups excluding carboxylic acids is 1. The summed E-state index contributed by atoms with van der Waals surface area (Å²) in [6.07, 6.45) is 12.7. The predicted octanol–water partition coefficient (Wildman–Crippen LogP) is 1.57. The highest BCUT2D eigenvalue weighted by molar-refractivity contribution is 5.91. The second kappa shape index (κ2) is 8.82. The number of nitrogens with one attached hydrogen (secondary N) is 1. The van der Waals surface area contributed by atoms with Crippen molar-refractivity contribution in [1.82, 2.24) is 5.32 Å². The normalized spacial score (nSPS) is 24.6. The van der Waals surface area contributed by atoms with Crippen LogP contribution in [0.15, 0.2) is 11.8 Å². The summed E-state index contributed by atoms with van der Waals surface area (Å²) in [6, 6.07) is 0. The molecule has 0 spiro atoms. The maximum Gasteiger partial charge on any atom is 0.286 e. The molecule has 0 aromatic rings. The average molecular weight is 307 g/mol. The van der Waals surface area contributed by atoms with Crippen molar-refractivity contribution in [2.75, 3.05) is 19.8 Å². The first-order valence-corrected chi connectivity index (χ1v) is 8.07. The number of carbonyl (C=O) groups is 1. The molecule has 0 unspecified atom stereocenters. The second-order valence-corrected chi connectivity index (χ2v) is 5.86. The van der Waals surface area contributed by atoms with Gasteiger partial charge in [-0.25, -0.2) is 0 Å². The van der Waals surface area contributed by atoms with Crippen molar-refractivity contribution < 1.29 is 19.4 Å². The summed E-state index contributed by atoms with van der Waals surface area (Å²) in [5.74, 6) is 3.39. The van der Waals surface area contributed by atoms with Gasteiger partial charge in [0.25, 0.3) is 5.91 Å². The molecule has 0 aromatic heterocycles. The van der Waals surface area contributed by atoms with Gasteiger partial charge in [0.15, 0.2) is 5.76 Å². The SMILES string of the molecule is C#CCNC(=O)C1=C[C@@H](C2CCC2)C[C@@H](OCCCCO)O1. The number of amides is 1. The van der Waals surface area contributed by atoms with Crippen molar-refractivity contribution in [3.63, 3.8) is 0 Å². The molecule has 0 saturated heterocycles. The van der Waals surface area contributed by atoms with Crippen molar-refractivity contribution in [3.8, 4) is 12.3 Å². The van der Waals surface area contributed by atoms with Crippen LogP contribution in [0.25, 0.3) is 0 Å². The van der Waals surface area contributed by atoms with E-state index in [-0.39, 0.29) is 25.3 Å². The summed E-state index contributed by atoms with van der Waals surface area (Å²) >= 11 is 0. The zero-order valence-corrected chi connectivity index (χ0v) is 12.9. The van der Waals surface area contributed by atoms with Crippen LogP contribution in [0.3, 0.4) is 0 Å². The Balaban J connectivity index is 1.92. The lowest BCUT2D eigenvalue weighted by molar-refractivity contribution is -0.152. The topological polar surface area (TPSA) is 67.8 Å². The molecule has 22 heavy (non-hydrogen) atoms. The number of aliphatic hydroxyl groups is 1.